The van der Waals surface area contributed by atoms with Gasteiger partial charge in [-0.2, -0.15) is 23.5 Å². The Morgan fingerprint density at radius 3 is 2.89 bits per heavy atom. The van der Waals surface area contributed by atoms with Crippen LogP contribution in [0.15, 0.2) is 11.6 Å². The van der Waals surface area contributed by atoms with E-state index in [1.165, 1.54) is 22.9 Å². The zero-order chi connectivity index (χ0) is 12.8. The zero-order valence-corrected chi connectivity index (χ0v) is 13.5. The number of likely N-dealkylation sites (N-methyl/N-ethyl adjacent to an activating group) is 1. The maximum absolute atomic E-state index is 4.45. The molecule has 3 unspecified atom stereocenters. The van der Waals surface area contributed by atoms with Gasteiger partial charge >= 0.3 is 0 Å². The first kappa shape index (κ1) is 14.7. The van der Waals surface area contributed by atoms with E-state index in [0.29, 0.717) is 6.04 Å². The summed E-state index contributed by atoms with van der Waals surface area (Å²) in [7, 11) is 0. The van der Waals surface area contributed by atoms with E-state index >= 15 is 0 Å². The molecule has 2 heterocycles. The minimum absolute atomic E-state index is 0.573. The second-order valence-electron chi connectivity index (χ2n) is 4.45. The average Bonchev–Trinajstić information content (AvgIpc) is 2.91. The predicted molar refractivity (Wildman–Crippen MR) is 86.1 cm³/mol. The molecule has 18 heavy (non-hydrogen) atoms. The van der Waals surface area contributed by atoms with Crippen LogP contribution in [-0.2, 0) is 6.42 Å². The molecule has 1 N–H and O–H groups in total. The lowest BCUT2D eigenvalue weighted by Gasteiger charge is -2.36. The first-order valence-electron chi connectivity index (χ1n) is 6.70. The maximum atomic E-state index is 4.45. The lowest BCUT2D eigenvalue weighted by molar-refractivity contribution is 0.489. The SMILES string of the molecule is CCNC(Cc1nccs1)C1SCCSC1CC. The molecule has 0 aromatic carbocycles. The van der Waals surface area contributed by atoms with Gasteiger partial charge in [-0.15, -0.1) is 11.3 Å². The Morgan fingerprint density at radius 2 is 2.22 bits per heavy atom. The molecule has 0 bridgehead atoms. The highest BCUT2D eigenvalue weighted by Crippen LogP contribution is 2.36. The molecule has 0 saturated carbocycles. The third kappa shape index (κ3) is 3.89. The summed E-state index contributed by atoms with van der Waals surface area (Å²) in [4.78, 5) is 4.45. The van der Waals surface area contributed by atoms with Gasteiger partial charge in [0.05, 0.1) is 5.01 Å². The summed E-state index contributed by atoms with van der Waals surface area (Å²) in [5.41, 5.74) is 0. The normalized spacial score (nSPS) is 26.1. The van der Waals surface area contributed by atoms with Crippen molar-refractivity contribution in [1.82, 2.24) is 10.3 Å². The monoisotopic (exact) mass is 302 g/mol. The predicted octanol–water partition coefficient (Wildman–Crippen LogP) is 3.29. The molecule has 1 aromatic rings. The van der Waals surface area contributed by atoms with Crippen LogP contribution in [0, 0.1) is 0 Å². The molecule has 2 nitrogen and oxygen atoms in total. The van der Waals surface area contributed by atoms with Crippen LogP contribution in [-0.4, -0.2) is 39.6 Å². The van der Waals surface area contributed by atoms with Crippen molar-refractivity contribution in [2.24, 2.45) is 0 Å². The molecular formula is C13H22N2S3. The average molecular weight is 303 g/mol. The van der Waals surface area contributed by atoms with Crippen LogP contribution in [0.5, 0.6) is 0 Å². The van der Waals surface area contributed by atoms with Crippen molar-refractivity contribution < 1.29 is 0 Å². The Kier molecular flexibility index (Phi) is 6.35. The molecule has 102 valence electrons. The fraction of sp³-hybridized carbons (Fsp3) is 0.769. The van der Waals surface area contributed by atoms with Gasteiger partial charge in [0.15, 0.2) is 0 Å². The number of thioether (sulfide) groups is 2. The molecule has 1 fully saturated rings. The smallest absolute Gasteiger partial charge is 0.0940 e. The molecule has 5 heteroatoms. The summed E-state index contributed by atoms with van der Waals surface area (Å²) in [6.07, 6.45) is 4.28. The van der Waals surface area contributed by atoms with Gasteiger partial charge in [0.25, 0.3) is 0 Å². The molecule has 1 saturated heterocycles. The van der Waals surface area contributed by atoms with Gasteiger partial charge in [0, 0.05) is 46.0 Å². The fourth-order valence-corrected chi connectivity index (χ4v) is 6.36. The highest BCUT2D eigenvalue weighted by atomic mass is 32.2. The van der Waals surface area contributed by atoms with E-state index in [9.17, 15) is 0 Å². The number of hydrogen-bond acceptors (Lipinski definition) is 5. The van der Waals surface area contributed by atoms with Crippen LogP contribution in [0.2, 0.25) is 0 Å². The molecule has 2 rings (SSSR count). The first-order chi connectivity index (χ1) is 8.85. The Morgan fingerprint density at radius 1 is 1.39 bits per heavy atom. The first-order valence-corrected chi connectivity index (χ1v) is 9.67. The van der Waals surface area contributed by atoms with Crippen molar-refractivity contribution in [1.29, 1.82) is 0 Å². The van der Waals surface area contributed by atoms with E-state index in [-0.39, 0.29) is 0 Å². The van der Waals surface area contributed by atoms with Gasteiger partial charge in [0.1, 0.15) is 0 Å². The Balaban J connectivity index is 2.02. The molecular weight excluding hydrogens is 280 g/mol. The standard InChI is InChI=1S/C13H22N2S3/c1-3-11-13(18-8-7-16-11)10(14-4-2)9-12-15-5-6-17-12/h5-6,10-11,13-14H,3-4,7-9H2,1-2H3. The second-order valence-corrected chi connectivity index (χ2v) is 8.06. The zero-order valence-electron chi connectivity index (χ0n) is 11.1. The van der Waals surface area contributed by atoms with Crippen LogP contribution in [0.25, 0.3) is 0 Å². The number of nitrogens with one attached hydrogen (secondary N) is 1. The van der Waals surface area contributed by atoms with Gasteiger partial charge in [-0.1, -0.05) is 13.8 Å². The largest absolute Gasteiger partial charge is 0.313 e. The number of hydrogen-bond donors (Lipinski definition) is 1. The summed E-state index contributed by atoms with van der Waals surface area (Å²) < 4.78 is 0. The van der Waals surface area contributed by atoms with E-state index in [2.05, 4.69) is 53.1 Å². The van der Waals surface area contributed by atoms with Crippen LogP contribution in [0.1, 0.15) is 25.3 Å². The van der Waals surface area contributed by atoms with Crippen LogP contribution >= 0.6 is 34.9 Å². The molecule has 0 amide bonds. The van der Waals surface area contributed by atoms with Gasteiger partial charge < -0.3 is 5.32 Å². The molecule has 0 spiro atoms. The summed E-state index contributed by atoms with van der Waals surface area (Å²) in [5.74, 6) is 2.61. The number of thiazole rings is 1. The van der Waals surface area contributed by atoms with Gasteiger partial charge in [0.2, 0.25) is 0 Å². The van der Waals surface area contributed by atoms with Crippen LogP contribution in [0.3, 0.4) is 0 Å². The van der Waals surface area contributed by atoms with Crippen molar-refractivity contribution in [2.45, 2.75) is 43.2 Å². The Bertz CT molecular complexity index is 329. The van der Waals surface area contributed by atoms with E-state index in [0.717, 1.165) is 23.5 Å². The highest BCUT2D eigenvalue weighted by Gasteiger charge is 2.32. The topological polar surface area (TPSA) is 24.9 Å². The Hall–Kier alpha value is 0.290. The minimum Gasteiger partial charge on any atom is -0.313 e. The lowest BCUT2D eigenvalue weighted by atomic mass is 10.1. The van der Waals surface area contributed by atoms with Crippen molar-refractivity contribution in [3.63, 3.8) is 0 Å². The molecule has 1 aromatic heterocycles. The van der Waals surface area contributed by atoms with Crippen LogP contribution < -0.4 is 5.32 Å². The Labute approximate surface area is 123 Å². The molecule has 1 aliphatic heterocycles. The van der Waals surface area contributed by atoms with Crippen molar-refractivity contribution in [3.8, 4) is 0 Å². The highest BCUT2D eigenvalue weighted by molar-refractivity contribution is 8.07. The summed E-state index contributed by atoms with van der Waals surface area (Å²) in [6.45, 7) is 5.58. The number of rotatable bonds is 6. The molecule has 1 aliphatic rings. The van der Waals surface area contributed by atoms with Crippen molar-refractivity contribution in [2.75, 3.05) is 18.1 Å². The quantitative estimate of drug-likeness (QED) is 0.871. The number of nitrogens with zero attached hydrogens (tertiary/aromatic N) is 1. The second kappa shape index (κ2) is 7.78. The van der Waals surface area contributed by atoms with Crippen molar-refractivity contribution in [3.05, 3.63) is 16.6 Å². The van der Waals surface area contributed by atoms with Crippen molar-refractivity contribution >= 4 is 34.9 Å². The van der Waals surface area contributed by atoms with E-state index in [1.807, 2.05) is 6.20 Å². The van der Waals surface area contributed by atoms with Gasteiger partial charge in [-0.3, -0.25) is 0 Å². The van der Waals surface area contributed by atoms with Crippen LogP contribution in [0.4, 0.5) is 0 Å². The third-order valence-electron chi connectivity index (χ3n) is 3.24. The summed E-state index contributed by atoms with van der Waals surface area (Å²) in [6, 6.07) is 0.573. The molecule has 0 radical (unpaired) electrons. The minimum atomic E-state index is 0.573. The molecule has 0 aliphatic carbocycles. The molecule has 3 atom stereocenters. The van der Waals surface area contributed by atoms with E-state index in [4.69, 9.17) is 0 Å². The lowest BCUT2D eigenvalue weighted by Crippen LogP contribution is -2.46. The van der Waals surface area contributed by atoms with E-state index in [1.54, 1.807) is 11.3 Å². The summed E-state index contributed by atoms with van der Waals surface area (Å²) in [5, 5.41) is 8.57. The van der Waals surface area contributed by atoms with Gasteiger partial charge in [-0.05, 0) is 13.0 Å². The van der Waals surface area contributed by atoms with Gasteiger partial charge in [-0.25, -0.2) is 4.98 Å². The third-order valence-corrected chi connectivity index (χ3v) is 7.44. The maximum Gasteiger partial charge on any atom is 0.0940 e. The summed E-state index contributed by atoms with van der Waals surface area (Å²) >= 11 is 6.10. The fourth-order valence-electron chi connectivity index (χ4n) is 2.42. The van der Waals surface area contributed by atoms with E-state index < -0.39 is 0 Å². The number of aromatic nitrogens is 1.